The molecule has 25 heavy (non-hydrogen) atoms. The Balaban J connectivity index is 1.60. The number of aromatic nitrogens is 2. The van der Waals surface area contributed by atoms with Crippen LogP contribution in [0.4, 0.5) is 0 Å². The molecule has 0 bridgehead atoms. The Morgan fingerprint density at radius 1 is 1.28 bits per heavy atom. The van der Waals surface area contributed by atoms with Crippen LogP contribution in [0.15, 0.2) is 30.3 Å². The SMILES string of the molecule is CC(C)(C)n1nc(C(=O)NC2c3ccccc3CC2O)cc1C1CC1. The van der Waals surface area contributed by atoms with Gasteiger partial charge in [-0.2, -0.15) is 5.10 Å². The Labute approximate surface area is 148 Å². The van der Waals surface area contributed by atoms with Gasteiger partial charge in [0, 0.05) is 18.0 Å². The average Bonchev–Trinajstić information content (AvgIpc) is 3.21. The van der Waals surface area contributed by atoms with Crippen LogP contribution in [0.1, 0.15) is 72.9 Å². The van der Waals surface area contributed by atoms with Crippen LogP contribution in [0.5, 0.6) is 0 Å². The van der Waals surface area contributed by atoms with Gasteiger partial charge in [-0.05, 0) is 50.8 Å². The molecule has 1 aromatic carbocycles. The average molecular weight is 339 g/mol. The van der Waals surface area contributed by atoms with E-state index >= 15 is 0 Å². The second-order valence-corrected chi connectivity index (χ2v) is 8.23. The van der Waals surface area contributed by atoms with Gasteiger partial charge in [0.05, 0.1) is 17.7 Å². The summed E-state index contributed by atoms with van der Waals surface area (Å²) in [5.74, 6) is 0.303. The van der Waals surface area contributed by atoms with Gasteiger partial charge in [0.1, 0.15) is 5.69 Å². The van der Waals surface area contributed by atoms with E-state index in [-0.39, 0.29) is 17.5 Å². The summed E-state index contributed by atoms with van der Waals surface area (Å²) in [7, 11) is 0. The first-order valence-electron chi connectivity index (χ1n) is 9.02. The molecule has 5 nitrogen and oxygen atoms in total. The van der Waals surface area contributed by atoms with Crippen molar-refractivity contribution in [1.82, 2.24) is 15.1 Å². The van der Waals surface area contributed by atoms with Crippen LogP contribution in [0, 0.1) is 0 Å². The van der Waals surface area contributed by atoms with Crippen molar-refractivity contribution in [3.63, 3.8) is 0 Å². The van der Waals surface area contributed by atoms with Gasteiger partial charge in [-0.15, -0.1) is 0 Å². The zero-order valence-corrected chi connectivity index (χ0v) is 15.0. The lowest BCUT2D eigenvalue weighted by molar-refractivity contribution is 0.0852. The largest absolute Gasteiger partial charge is 0.390 e. The van der Waals surface area contributed by atoms with Gasteiger partial charge in [-0.3, -0.25) is 9.48 Å². The lowest BCUT2D eigenvalue weighted by Crippen LogP contribution is -2.34. The van der Waals surface area contributed by atoms with E-state index in [0.717, 1.165) is 29.7 Å². The van der Waals surface area contributed by atoms with Gasteiger partial charge in [-0.1, -0.05) is 24.3 Å². The van der Waals surface area contributed by atoms with Gasteiger partial charge in [-0.25, -0.2) is 0 Å². The molecule has 2 N–H and O–H groups in total. The fourth-order valence-electron chi connectivity index (χ4n) is 3.68. The Morgan fingerprint density at radius 2 is 2.00 bits per heavy atom. The molecular weight excluding hydrogens is 314 g/mol. The maximum Gasteiger partial charge on any atom is 0.272 e. The molecule has 2 aliphatic rings. The molecule has 2 atom stereocenters. The quantitative estimate of drug-likeness (QED) is 0.903. The smallest absolute Gasteiger partial charge is 0.272 e. The number of rotatable bonds is 3. The van der Waals surface area contributed by atoms with E-state index in [2.05, 4.69) is 31.2 Å². The summed E-state index contributed by atoms with van der Waals surface area (Å²) in [4.78, 5) is 12.8. The Kier molecular flexibility index (Phi) is 3.72. The van der Waals surface area contributed by atoms with Crippen molar-refractivity contribution in [1.29, 1.82) is 0 Å². The van der Waals surface area contributed by atoms with Gasteiger partial charge >= 0.3 is 0 Å². The number of nitrogens with one attached hydrogen (secondary N) is 1. The third-order valence-corrected chi connectivity index (χ3v) is 5.09. The summed E-state index contributed by atoms with van der Waals surface area (Å²) in [5.41, 5.74) is 3.52. The molecule has 4 rings (SSSR count). The zero-order chi connectivity index (χ0) is 17.8. The number of hydrogen-bond donors (Lipinski definition) is 2. The highest BCUT2D eigenvalue weighted by atomic mass is 16.3. The van der Waals surface area contributed by atoms with Crippen LogP contribution in [0.25, 0.3) is 0 Å². The fraction of sp³-hybridized carbons (Fsp3) is 0.500. The third-order valence-electron chi connectivity index (χ3n) is 5.09. The first kappa shape index (κ1) is 16.3. The van der Waals surface area contributed by atoms with Crippen molar-refractivity contribution in [2.75, 3.05) is 0 Å². The molecule has 0 spiro atoms. The number of benzene rings is 1. The predicted molar refractivity (Wildman–Crippen MR) is 95.6 cm³/mol. The molecule has 1 saturated carbocycles. The molecule has 1 heterocycles. The summed E-state index contributed by atoms with van der Waals surface area (Å²) in [6, 6.07) is 9.43. The van der Waals surface area contributed by atoms with Crippen molar-refractivity contribution in [2.24, 2.45) is 0 Å². The lowest BCUT2D eigenvalue weighted by Gasteiger charge is -2.22. The molecule has 2 aromatic rings. The molecule has 1 amide bonds. The van der Waals surface area contributed by atoms with Crippen LogP contribution in [-0.4, -0.2) is 26.9 Å². The summed E-state index contributed by atoms with van der Waals surface area (Å²) in [5, 5.41) is 17.9. The molecule has 5 heteroatoms. The van der Waals surface area contributed by atoms with E-state index in [1.165, 1.54) is 0 Å². The number of aliphatic hydroxyl groups is 1. The molecule has 0 radical (unpaired) electrons. The molecule has 0 aliphatic heterocycles. The lowest BCUT2D eigenvalue weighted by atomic mass is 10.1. The van der Waals surface area contributed by atoms with Crippen LogP contribution >= 0.6 is 0 Å². The maximum absolute atomic E-state index is 12.8. The predicted octanol–water partition coefficient (Wildman–Crippen LogP) is 2.90. The summed E-state index contributed by atoms with van der Waals surface area (Å²) >= 11 is 0. The molecule has 1 aromatic heterocycles. The van der Waals surface area contributed by atoms with E-state index < -0.39 is 6.10 Å². The minimum absolute atomic E-state index is 0.157. The number of carbonyl (C=O) groups excluding carboxylic acids is 1. The number of carbonyl (C=O) groups is 1. The van der Waals surface area contributed by atoms with E-state index in [1.807, 2.05) is 35.0 Å². The van der Waals surface area contributed by atoms with Gasteiger partial charge in [0.15, 0.2) is 0 Å². The topological polar surface area (TPSA) is 67.2 Å². The van der Waals surface area contributed by atoms with E-state index in [0.29, 0.717) is 18.0 Å². The molecule has 132 valence electrons. The van der Waals surface area contributed by atoms with Crippen molar-refractivity contribution >= 4 is 5.91 Å². The molecule has 2 aliphatic carbocycles. The van der Waals surface area contributed by atoms with E-state index in [9.17, 15) is 9.90 Å². The minimum atomic E-state index is -0.589. The number of nitrogens with zero attached hydrogens (tertiary/aromatic N) is 2. The van der Waals surface area contributed by atoms with E-state index in [4.69, 9.17) is 0 Å². The monoisotopic (exact) mass is 339 g/mol. The zero-order valence-electron chi connectivity index (χ0n) is 15.0. The molecule has 2 unspecified atom stereocenters. The summed E-state index contributed by atoms with van der Waals surface area (Å²) in [6.07, 6.45) is 2.31. The first-order valence-corrected chi connectivity index (χ1v) is 9.02. The molecule has 0 saturated heterocycles. The maximum atomic E-state index is 12.8. The van der Waals surface area contributed by atoms with Gasteiger partial charge in [0.2, 0.25) is 0 Å². The van der Waals surface area contributed by atoms with Gasteiger partial charge in [0.25, 0.3) is 5.91 Å². The second-order valence-electron chi connectivity index (χ2n) is 8.23. The van der Waals surface area contributed by atoms with Crippen molar-refractivity contribution in [2.45, 2.75) is 63.6 Å². The van der Waals surface area contributed by atoms with Crippen LogP contribution in [0.2, 0.25) is 0 Å². The second kappa shape index (κ2) is 5.70. The highest BCUT2D eigenvalue weighted by molar-refractivity contribution is 5.92. The Morgan fingerprint density at radius 3 is 2.68 bits per heavy atom. The van der Waals surface area contributed by atoms with Crippen molar-refractivity contribution in [3.8, 4) is 0 Å². The number of fused-ring (bicyclic) bond motifs is 1. The number of aliphatic hydroxyl groups excluding tert-OH is 1. The number of amides is 1. The van der Waals surface area contributed by atoms with Crippen LogP contribution in [0.3, 0.4) is 0 Å². The first-order chi connectivity index (χ1) is 11.8. The normalized spacial score (nSPS) is 22.7. The van der Waals surface area contributed by atoms with Crippen molar-refractivity contribution < 1.29 is 9.90 Å². The summed E-state index contributed by atoms with van der Waals surface area (Å²) in [6.45, 7) is 6.31. The molecule has 1 fully saturated rings. The van der Waals surface area contributed by atoms with E-state index in [1.54, 1.807) is 0 Å². The highest BCUT2D eigenvalue weighted by Crippen LogP contribution is 2.42. The summed E-state index contributed by atoms with van der Waals surface area (Å²) < 4.78 is 1.98. The minimum Gasteiger partial charge on any atom is -0.390 e. The third kappa shape index (κ3) is 2.97. The van der Waals surface area contributed by atoms with Crippen molar-refractivity contribution in [3.05, 3.63) is 52.8 Å². The fourth-order valence-corrected chi connectivity index (χ4v) is 3.68. The Bertz CT molecular complexity index is 815. The van der Waals surface area contributed by atoms with Crippen LogP contribution < -0.4 is 5.32 Å². The number of hydrogen-bond acceptors (Lipinski definition) is 3. The molecular formula is C20H25N3O2. The van der Waals surface area contributed by atoms with Gasteiger partial charge < -0.3 is 10.4 Å². The standard InChI is InChI=1S/C20H25N3O2/c1-20(2,3)23-16(12-8-9-12)11-15(22-23)19(25)21-18-14-7-5-4-6-13(14)10-17(18)24/h4-7,11-12,17-18,24H,8-10H2,1-3H3,(H,21,25). The van der Waals surface area contributed by atoms with Crippen LogP contribution in [-0.2, 0) is 12.0 Å². The highest BCUT2D eigenvalue weighted by Gasteiger charge is 2.35. The Hall–Kier alpha value is -2.14.